The minimum atomic E-state index is 0.0902. The number of hydrogen-bond acceptors (Lipinski definition) is 3. The summed E-state index contributed by atoms with van der Waals surface area (Å²) in [5.74, 6) is 0.0902. The van der Waals surface area contributed by atoms with Gasteiger partial charge in [0.15, 0.2) is 0 Å². The van der Waals surface area contributed by atoms with Crippen molar-refractivity contribution in [1.82, 2.24) is 9.80 Å². The number of amides is 1. The second kappa shape index (κ2) is 11.2. The second-order valence-corrected chi connectivity index (χ2v) is 8.92. The van der Waals surface area contributed by atoms with Crippen molar-refractivity contribution in [2.24, 2.45) is 0 Å². The van der Waals surface area contributed by atoms with Crippen LogP contribution in [0.2, 0.25) is 0 Å². The average Bonchev–Trinajstić information content (AvgIpc) is 2.88. The van der Waals surface area contributed by atoms with Crippen LogP contribution in [0.1, 0.15) is 53.7 Å². The fourth-order valence-electron chi connectivity index (χ4n) is 4.77. The van der Waals surface area contributed by atoms with Crippen LogP contribution in [-0.2, 0) is 6.54 Å². The maximum absolute atomic E-state index is 12.8. The predicted molar refractivity (Wildman–Crippen MR) is 142 cm³/mol. The molecule has 2 N–H and O–H groups in total. The summed E-state index contributed by atoms with van der Waals surface area (Å²) in [5, 5.41) is 0. The molecule has 1 amide bonds. The molecule has 0 radical (unpaired) electrons. The number of anilines is 1. The van der Waals surface area contributed by atoms with E-state index in [1.807, 2.05) is 43.0 Å². The molecule has 1 aliphatic heterocycles. The van der Waals surface area contributed by atoms with Gasteiger partial charge in [-0.05, 0) is 73.2 Å². The molecule has 0 bridgehead atoms. The summed E-state index contributed by atoms with van der Waals surface area (Å²) >= 11 is 0. The zero-order chi connectivity index (χ0) is 23.9. The minimum absolute atomic E-state index is 0.0902. The highest BCUT2D eigenvalue weighted by Crippen LogP contribution is 2.33. The van der Waals surface area contributed by atoms with Crippen molar-refractivity contribution < 1.29 is 4.79 Å². The number of benzene rings is 3. The summed E-state index contributed by atoms with van der Waals surface area (Å²) in [4.78, 5) is 17.2. The Bertz CT molecular complexity index is 1100. The molecule has 0 unspecified atom stereocenters. The van der Waals surface area contributed by atoms with E-state index >= 15 is 0 Å². The van der Waals surface area contributed by atoms with Gasteiger partial charge in [-0.2, -0.15) is 0 Å². The largest absolute Gasteiger partial charge is 0.399 e. The van der Waals surface area contributed by atoms with Crippen LogP contribution in [0.5, 0.6) is 0 Å². The molecule has 0 aliphatic carbocycles. The first kappa shape index (κ1) is 23.8. The van der Waals surface area contributed by atoms with Crippen LogP contribution in [0.3, 0.4) is 0 Å². The van der Waals surface area contributed by atoms with Crippen molar-refractivity contribution >= 4 is 17.2 Å². The van der Waals surface area contributed by atoms with E-state index in [-0.39, 0.29) is 5.91 Å². The monoisotopic (exact) mass is 453 g/mol. The first-order valence-electron chi connectivity index (χ1n) is 12.3. The molecule has 4 nitrogen and oxygen atoms in total. The average molecular weight is 454 g/mol. The number of carbonyl (C=O) groups excluding carboxylic acids is 1. The van der Waals surface area contributed by atoms with Crippen LogP contribution in [-0.4, -0.2) is 41.9 Å². The minimum Gasteiger partial charge on any atom is -0.399 e. The van der Waals surface area contributed by atoms with E-state index in [4.69, 9.17) is 5.73 Å². The molecular weight excluding hydrogens is 418 g/mol. The molecule has 1 fully saturated rings. The van der Waals surface area contributed by atoms with Gasteiger partial charge in [0.05, 0.1) is 0 Å². The highest BCUT2D eigenvalue weighted by molar-refractivity contribution is 5.95. The number of nitrogens with two attached hydrogens (primary N) is 1. The zero-order valence-corrected chi connectivity index (χ0v) is 20.3. The summed E-state index contributed by atoms with van der Waals surface area (Å²) in [5.41, 5.74) is 13.9. The van der Waals surface area contributed by atoms with Crippen LogP contribution in [0.4, 0.5) is 5.69 Å². The maximum atomic E-state index is 12.8. The van der Waals surface area contributed by atoms with Gasteiger partial charge in [-0.3, -0.25) is 9.69 Å². The van der Waals surface area contributed by atoms with Gasteiger partial charge in [0.25, 0.3) is 5.91 Å². The molecule has 0 spiro atoms. The third kappa shape index (κ3) is 5.57. The molecule has 0 aromatic heterocycles. The van der Waals surface area contributed by atoms with Crippen molar-refractivity contribution in [2.45, 2.75) is 33.2 Å². The maximum Gasteiger partial charge on any atom is 0.253 e. The number of likely N-dealkylation sites (tertiary alicyclic amines) is 1. The Hall–Kier alpha value is -3.37. The Balaban J connectivity index is 1.60. The van der Waals surface area contributed by atoms with Gasteiger partial charge in [0.1, 0.15) is 0 Å². The Kier molecular flexibility index (Phi) is 7.81. The predicted octanol–water partition coefficient (Wildman–Crippen LogP) is 5.85. The van der Waals surface area contributed by atoms with Crippen LogP contribution in [0.25, 0.3) is 5.57 Å². The molecular formula is C30H35N3O. The highest BCUT2D eigenvalue weighted by atomic mass is 16.2. The van der Waals surface area contributed by atoms with Crippen LogP contribution in [0, 0.1) is 0 Å². The van der Waals surface area contributed by atoms with Gasteiger partial charge in [0, 0.05) is 44.0 Å². The summed E-state index contributed by atoms with van der Waals surface area (Å²) in [6.45, 7) is 8.55. The van der Waals surface area contributed by atoms with E-state index in [9.17, 15) is 4.79 Å². The lowest BCUT2D eigenvalue weighted by Crippen LogP contribution is -2.30. The molecule has 3 aromatic carbocycles. The van der Waals surface area contributed by atoms with Crippen molar-refractivity contribution in [2.75, 3.05) is 31.9 Å². The van der Waals surface area contributed by atoms with Crippen molar-refractivity contribution in [3.05, 3.63) is 107 Å². The number of hydrogen-bond donors (Lipinski definition) is 1. The van der Waals surface area contributed by atoms with Gasteiger partial charge >= 0.3 is 0 Å². The standard InChI is InChI=1S/C30H35N3O/c1-3-33(4-2)30(34)27-12-10-24(11-13-27)29(25-14-16-28(31)17-15-25)26-18-20-32(21-19-26)22-23-8-6-5-7-9-23/h5-17H,3-4,18-22,31H2,1-2H3. The fraction of sp³-hybridized carbons (Fsp3) is 0.300. The summed E-state index contributed by atoms with van der Waals surface area (Å²) in [7, 11) is 0. The molecule has 3 aromatic rings. The molecule has 4 rings (SSSR count). The first-order valence-corrected chi connectivity index (χ1v) is 12.3. The normalized spacial score (nSPS) is 14.1. The van der Waals surface area contributed by atoms with Gasteiger partial charge in [-0.25, -0.2) is 0 Å². The Morgan fingerprint density at radius 3 is 1.88 bits per heavy atom. The van der Waals surface area contributed by atoms with Gasteiger partial charge in [-0.15, -0.1) is 0 Å². The van der Waals surface area contributed by atoms with E-state index in [0.29, 0.717) is 0 Å². The summed E-state index contributed by atoms with van der Waals surface area (Å²) < 4.78 is 0. The fourth-order valence-corrected chi connectivity index (χ4v) is 4.77. The number of piperidine rings is 1. The van der Waals surface area contributed by atoms with Crippen LogP contribution < -0.4 is 5.73 Å². The Labute approximate surface area is 203 Å². The lowest BCUT2D eigenvalue weighted by atomic mass is 9.88. The number of nitrogen functional groups attached to an aromatic ring is 1. The molecule has 34 heavy (non-hydrogen) atoms. The molecule has 0 atom stereocenters. The van der Waals surface area contributed by atoms with E-state index in [0.717, 1.165) is 62.4 Å². The summed E-state index contributed by atoms with van der Waals surface area (Å²) in [6, 6.07) is 27.0. The summed E-state index contributed by atoms with van der Waals surface area (Å²) in [6.07, 6.45) is 2.07. The van der Waals surface area contributed by atoms with Crippen molar-refractivity contribution in [3.8, 4) is 0 Å². The molecule has 1 aliphatic rings. The number of carbonyl (C=O) groups is 1. The molecule has 1 heterocycles. The zero-order valence-electron chi connectivity index (χ0n) is 20.3. The lowest BCUT2D eigenvalue weighted by Gasteiger charge is -2.30. The first-order chi connectivity index (χ1) is 16.6. The molecule has 0 saturated carbocycles. The van der Waals surface area contributed by atoms with Gasteiger partial charge in [0.2, 0.25) is 0 Å². The van der Waals surface area contributed by atoms with Crippen molar-refractivity contribution in [3.63, 3.8) is 0 Å². The third-order valence-corrected chi connectivity index (χ3v) is 6.73. The second-order valence-electron chi connectivity index (χ2n) is 8.92. The highest BCUT2D eigenvalue weighted by Gasteiger charge is 2.20. The van der Waals surface area contributed by atoms with E-state index in [2.05, 4.69) is 59.5 Å². The third-order valence-electron chi connectivity index (χ3n) is 6.73. The van der Waals surface area contributed by atoms with Gasteiger partial charge < -0.3 is 10.6 Å². The Morgan fingerprint density at radius 2 is 1.32 bits per heavy atom. The van der Waals surface area contributed by atoms with E-state index < -0.39 is 0 Å². The Morgan fingerprint density at radius 1 is 0.794 bits per heavy atom. The number of rotatable bonds is 7. The quantitative estimate of drug-likeness (QED) is 0.457. The van der Waals surface area contributed by atoms with E-state index in [1.54, 1.807) is 0 Å². The topological polar surface area (TPSA) is 49.6 Å². The smallest absolute Gasteiger partial charge is 0.253 e. The molecule has 176 valence electrons. The number of nitrogens with zero attached hydrogens (tertiary/aromatic N) is 2. The van der Waals surface area contributed by atoms with E-state index in [1.165, 1.54) is 22.3 Å². The SMILES string of the molecule is CCN(CC)C(=O)c1ccc(C(=C2CCN(Cc3ccccc3)CC2)c2ccc(N)cc2)cc1. The lowest BCUT2D eigenvalue weighted by molar-refractivity contribution is 0.0773. The van der Waals surface area contributed by atoms with Crippen LogP contribution >= 0.6 is 0 Å². The van der Waals surface area contributed by atoms with Gasteiger partial charge in [-0.1, -0.05) is 60.2 Å². The van der Waals surface area contributed by atoms with Crippen molar-refractivity contribution in [1.29, 1.82) is 0 Å². The molecule has 4 heteroatoms. The molecule has 1 saturated heterocycles. The van der Waals surface area contributed by atoms with Crippen LogP contribution in [0.15, 0.2) is 84.4 Å².